The monoisotopic (exact) mass is 371 g/mol. The first-order chi connectivity index (χ1) is 13.8. The van der Waals surface area contributed by atoms with Crippen molar-refractivity contribution in [2.45, 2.75) is 6.54 Å². The van der Waals surface area contributed by atoms with Crippen LogP contribution in [0.25, 0.3) is 5.69 Å². The lowest BCUT2D eigenvalue weighted by Crippen LogP contribution is -2.25. The average molecular weight is 371 g/mol. The predicted molar refractivity (Wildman–Crippen MR) is 103 cm³/mol. The van der Waals surface area contributed by atoms with Crippen molar-refractivity contribution in [1.82, 2.24) is 25.1 Å². The Morgan fingerprint density at radius 2 is 1.68 bits per heavy atom. The highest BCUT2D eigenvalue weighted by molar-refractivity contribution is 5.94. The molecule has 0 saturated heterocycles. The molecular formula is C21H17N5O2. The number of aromatic nitrogens is 4. The summed E-state index contributed by atoms with van der Waals surface area (Å²) in [6.07, 6.45) is 3.16. The van der Waals surface area contributed by atoms with Crippen LogP contribution in [0, 0.1) is 0 Å². The van der Waals surface area contributed by atoms with E-state index in [0.717, 1.165) is 5.69 Å². The van der Waals surface area contributed by atoms with Gasteiger partial charge in [0.05, 0.1) is 12.2 Å². The molecule has 7 nitrogen and oxygen atoms in total. The Labute approximate surface area is 161 Å². The fraction of sp³-hybridized carbons (Fsp3) is 0.0476. The van der Waals surface area contributed by atoms with E-state index < -0.39 is 0 Å². The molecule has 0 bridgehead atoms. The van der Waals surface area contributed by atoms with E-state index in [1.807, 2.05) is 60.7 Å². The Morgan fingerprint density at radius 1 is 0.929 bits per heavy atom. The lowest BCUT2D eigenvalue weighted by molar-refractivity contribution is 0.0942. The standard InChI is InChI=1S/C21H17N5O2/c27-21(20-18(12-7-13-22-20)28-17-10-5-2-6-11-17)23-14-19-24-15-26(25-19)16-8-3-1-4-9-16/h1-13,15H,14H2,(H,23,27). The van der Waals surface area contributed by atoms with E-state index >= 15 is 0 Å². The molecule has 0 aliphatic rings. The molecule has 2 aromatic heterocycles. The molecule has 138 valence electrons. The van der Waals surface area contributed by atoms with Gasteiger partial charge in [0.25, 0.3) is 5.91 Å². The van der Waals surface area contributed by atoms with Gasteiger partial charge in [-0.2, -0.15) is 0 Å². The quantitative estimate of drug-likeness (QED) is 0.562. The van der Waals surface area contributed by atoms with Crippen molar-refractivity contribution in [3.8, 4) is 17.2 Å². The van der Waals surface area contributed by atoms with Gasteiger partial charge >= 0.3 is 0 Å². The van der Waals surface area contributed by atoms with E-state index in [4.69, 9.17) is 4.74 Å². The molecule has 1 N–H and O–H groups in total. The summed E-state index contributed by atoms with van der Waals surface area (Å²) in [5, 5.41) is 7.16. The van der Waals surface area contributed by atoms with Crippen LogP contribution >= 0.6 is 0 Å². The van der Waals surface area contributed by atoms with Crippen LogP contribution in [0.1, 0.15) is 16.3 Å². The third-order valence-corrected chi connectivity index (χ3v) is 3.92. The smallest absolute Gasteiger partial charge is 0.274 e. The van der Waals surface area contributed by atoms with Crippen LogP contribution in [0.15, 0.2) is 85.3 Å². The second-order valence-electron chi connectivity index (χ2n) is 5.89. The topological polar surface area (TPSA) is 81.9 Å². The highest BCUT2D eigenvalue weighted by atomic mass is 16.5. The Kier molecular flexibility index (Phi) is 5.06. The normalized spacial score (nSPS) is 10.4. The molecule has 0 aliphatic heterocycles. The minimum absolute atomic E-state index is 0.181. The molecule has 0 atom stereocenters. The number of carbonyl (C=O) groups excluding carboxylic acids is 1. The first-order valence-electron chi connectivity index (χ1n) is 8.72. The van der Waals surface area contributed by atoms with Crippen LogP contribution in [0.4, 0.5) is 0 Å². The van der Waals surface area contributed by atoms with E-state index in [0.29, 0.717) is 17.3 Å². The van der Waals surface area contributed by atoms with E-state index in [9.17, 15) is 4.79 Å². The van der Waals surface area contributed by atoms with Crippen molar-refractivity contribution >= 4 is 5.91 Å². The first-order valence-corrected chi connectivity index (χ1v) is 8.72. The third-order valence-electron chi connectivity index (χ3n) is 3.92. The Bertz CT molecular complexity index is 1060. The minimum Gasteiger partial charge on any atom is -0.455 e. The maximum atomic E-state index is 12.6. The maximum Gasteiger partial charge on any atom is 0.274 e. The second-order valence-corrected chi connectivity index (χ2v) is 5.89. The molecule has 2 aromatic carbocycles. The Balaban J connectivity index is 1.44. The van der Waals surface area contributed by atoms with Crippen molar-refractivity contribution in [2.24, 2.45) is 0 Å². The van der Waals surface area contributed by atoms with Crippen molar-refractivity contribution in [3.63, 3.8) is 0 Å². The number of amides is 1. The zero-order chi connectivity index (χ0) is 19.2. The fourth-order valence-corrected chi connectivity index (χ4v) is 2.59. The molecule has 0 spiro atoms. The van der Waals surface area contributed by atoms with Crippen LogP contribution in [-0.2, 0) is 6.54 Å². The minimum atomic E-state index is -0.359. The summed E-state index contributed by atoms with van der Waals surface area (Å²) in [6.45, 7) is 0.181. The highest BCUT2D eigenvalue weighted by Gasteiger charge is 2.15. The van der Waals surface area contributed by atoms with Gasteiger partial charge in [0, 0.05) is 6.20 Å². The van der Waals surface area contributed by atoms with Gasteiger partial charge in [-0.25, -0.2) is 14.6 Å². The highest BCUT2D eigenvalue weighted by Crippen LogP contribution is 2.23. The van der Waals surface area contributed by atoms with Gasteiger partial charge in [-0.3, -0.25) is 4.79 Å². The van der Waals surface area contributed by atoms with Gasteiger partial charge in [0.15, 0.2) is 17.3 Å². The van der Waals surface area contributed by atoms with E-state index in [1.54, 1.807) is 29.3 Å². The van der Waals surface area contributed by atoms with Gasteiger partial charge in [-0.15, -0.1) is 5.10 Å². The van der Waals surface area contributed by atoms with Crippen LogP contribution in [0.2, 0.25) is 0 Å². The summed E-state index contributed by atoms with van der Waals surface area (Å²) >= 11 is 0. The van der Waals surface area contributed by atoms with Crippen molar-refractivity contribution in [2.75, 3.05) is 0 Å². The van der Waals surface area contributed by atoms with Crippen LogP contribution in [0.5, 0.6) is 11.5 Å². The summed E-state index contributed by atoms with van der Waals surface area (Å²) in [7, 11) is 0. The van der Waals surface area contributed by atoms with E-state index in [1.165, 1.54) is 0 Å². The Hall–Kier alpha value is -4.00. The molecule has 7 heteroatoms. The number of nitrogens with one attached hydrogen (secondary N) is 1. The molecule has 1 amide bonds. The first kappa shape index (κ1) is 17.4. The van der Waals surface area contributed by atoms with Crippen LogP contribution in [-0.4, -0.2) is 25.7 Å². The molecular weight excluding hydrogens is 354 g/mol. The summed E-state index contributed by atoms with van der Waals surface area (Å²) in [4.78, 5) is 21.0. The fourth-order valence-electron chi connectivity index (χ4n) is 2.59. The lowest BCUT2D eigenvalue weighted by atomic mass is 10.3. The van der Waals surface area contributed by atoms with Gasteiger partial charge < -0.3 is 10.1 Å². The third kappa shape index (κ3) is 4.04. The molecule has 0 aliphatic carbocycles. The van der Waals surface area contributed by atoms with Crippen LogP contribution in [0.3, 0.4) is 0 Å². The van der Waals surface area contributed by atoms with Gasteiger partial charge in [-0.05, 0) is 36.4 Å². The zero-order valence-electron chi connectivity index (χ0n) is 14.9. The second kappa shape index (κ2) is 8.13. The Morgan fingerprint density at radius 3 is 2.46 bits per heavy atom. The largest absolute Gasteiger partial charge is 0.455 e. The number of hydrogen-bond acceptors (Lipinski definition) is 5. The number of para-hydroxylation sites is 2. The SMILES string of the molecule is O=C(NCc1ncn(-c2ccccc2)n1)c1ncccc1Oc1ccccc1. The molecule has 4 aromatic rings. The molecule has 4 rings (SSSR count). The number of pyridine rings is 1. The molecule has 0 saturated carbocycles. The van der Waals surface area contributed by atoms with E-state index in [2.05, 4.69) is 20.4 Å². The number of rotatable bonds is 6. The number of ether oxygens (including phenoxy) is 1. The van der Waals surface area contributed by atoms with Gasteiger partial charge in [-0.1, -0.05) is 36.4 Å². The number of hydrogen-bond donors (Lipinski definition) is 1. The molecule has 0 radical (unpaired) electrons. The van der Waals surface area contributed by atoms with Crippen molar-refractivity contribution in [1.29, 1.82) is 0 Å². The van der Waals surface area contributed by atoms with Gasteiger partial charge in [0.2, 0.25) is 0 Å². The van der Waals surface area contributed by atoms with Gasteiger partial charge in [0.1, 0.15) is 12.1 Å². The average Bonchev–Trinajstić information content (AvgIpc) is 3.23. The molecule has 2 heterocycles. The number of carbonyl (C=O) groups is 1. The summed E-state index contributed by atoms with van der Waals surface area (Å²) in [5.41, 5.74) is 1.10. The number of benzene rings is 2. The zero-order valence-corrected chi connectivity index (χ0v) is 14.9. The van der Waals surface area contributed by atoms with Crippen LogP contribution < -0.4 is 10.1 Å². The lowest BCUT2D eigenvalue weighted by Gasteiger charge is -2.09. The summed E-state index contributed by atoms with van der Waals surface area (Å²) < 4.78 is 7.44. The predicted octanol–water partition coefficient (Wildman–Crippen LogP) is 3.38. The molecule has 0 fully saturated rings. The molecule has 0 unspecified atom stereocenters. The summed E-state index contributed by atoms with van der Waals surface area (Å²) in [5.74, 6) is 1.16. The summed E-state index contributed by atoms with van der Waals surface area (Å²) in [6, 6.07) is 22.3. The van der Waals surface area contributed by atoms with Crippen molar-refractivity contribution in [3.05, 3.63) is 96.8 Å². The number of nitrogens with zero attached hydrogens (tertiary/aromatic N) is 4. The molecule has 28 heavy (non-hydrogen) atoms. The van der Waals surface area contributed by atoms with E-state index in [-0.39, 0.29) is 18.1 Å². The van der Waals surface area contributed by atoms with Crippen molar-refractivity contribution < 1.29 is 9.53 Å². The maximum absolute atomic E-state index is 12.6.